The Balaban J connectivity index is 2.14. The molecule has 0 saturated heterocycles. The fourth-order valence-electron chi connectivity index (χ4n) is 2.86. The zero-order valence-corrected chi connectivity index (χ0v) is 16.2. The van der Waals surface area contributed by atoms with E-state index in [0.717, 1.165) is 11.3 Å². The normalized spacial score (nSPS) is 14.4. The first-order valence-corrected chi connectivity index (χ1v) is 10.6. The second-order valence-electron chi connectivity index (χ2n) is 5.78. The van der Waals surface area contributed by atoms with E-state index in [2.05, 4.69) is 5.32 Å². The fourth-order valence-corrected chi connectivity index (χ4v) is 5.66. The molecule has 0 aromatic heterocycles. The van der Waals surface area contributed by atoms with E-state index in [1.807, 2.05) is 85.8 Å². The summed E-state index contributed by atoms with van der Waals surface area (Å²) in [4.78, 5) is 0. The van der Waals surface area contributed by atoms with Crippen LogP contribution >= 0.6 is 19.0 Å². The van der Waals surface area contributed by atoms with Gasteiger partial charge in [0.05, 0.1) is 6.61 Å². The molecular formula is C21H21ClNO2P. The van der Waals surface area contributed by atoms with Crippen LogP contribution in [-0.2, 0) is 9.09 Å². The number of rotatable bonds is 7. The highest BCUT2D eigenvalue weighted by atomic mass is 35.5. The van der Waals surface area contributed by atoms with Crippen molar-refractivity contribution in [3.05, 3.63) is 95.5 Å². The Labute approximate surface area is 159 Å². The lowest BCUT2D eigenvalue weighted by Gasteiger charge is -2.30. The molecule has 0 aliphatic carbocycles. The van der Waals surface area contributed by atoms with Gasteiger partial charge in [0.1, 0.15) is 5.78 Å². The predicted octanol–water partition coefficient (Wildman–Crippen LogP) is 6.09. The minimum Gasteiger partial charge on any atom is -0.370 e. The zero-order valence-electron chi connectivity index (χ0n) is 14.5. The van der Waals surface area contributed by atoms with E-state index in [4.69, 9.17) is 16.1 Å². The minimum absolute atomic E-state index is 0.337. The lowest BCUT2D eigenvalue weighted by molar-refractivity contribution is 0.335. The van der Waals surface area contributed by atoms with E-state index in [1.54, 1.807) is 6.07 Å². The molecule has 0 bridgehead atoms. The Kier molecular flexibility index (Phi) is 6.16. The molecule has 0 fully saturated rings. The molecule has 2 atom stereocenters. The summed E-state index contributed by atoms with van der Waals surface area (Å²) >= 11 is 6.46. The van der Waals surface area contributed by atoms with Gasteiger partial charge in [0, 0.05) is 21.6 Å². The molecule has 134 valence electrons. The molecule has 0 saturated carbocycles. The Hall–Kier alpha value is -2.06. The topological polar surface area (TPSA) is 38.3 Å². The molecule has 0 radical (unpaired) electrons. The molecule has 0 spiro atoms. The number of para-hydroxylation sites is 1. The van der Waals surface area contributed by atoms with E-state index >= 15 is 0 Å². The van der Waals surface area contributed by atoms with Crippen molar-refractivity contribution in [3.8, 4) is 0 Å². The molecule has 3 rings (SSSR count). The summed E-state index contributed by atoms with van der Waals surface area (Å²) < 4.78 is 20.0. The van der Waals surface area contributed by atoms with Crippen LogP contribution in [0.3, 0.4) is 0 Å². The van der Waals surface area contributed by atoms with Gasteiger partial charge in [-0.15, -0.1) is 0 Å². The van der Waals surface area contributed by atoms with Crippen molar-refractivity contribution in [2.45, 2.75) is 12.7 Å². The van der Waals surface area contributed by atoms with Crippen molar-refractivity contribution >= 4 is 30.0 Å². The molecule has 1 N–H and O–H groups in total. The summed E-state index contributed by atoms with van der Waals surface area (Å²) in [5, 5.41) is 4.60. The Morgan fingerprint density at radius 2 is 1.50 bits per heavy atom. The monoisotopic (exact) mass is 385 g/mol. The van der Waals surface area contributed by atoms with Crippen molar-refractivity contribution < 1.29 is 9.09 Å². The van der Waals surface area contributed by atoms with Crippen LogP contribution in [0, 0.1) is 0 Å². The van der Waals surface area contributed by atoms with E-state index in [0.29, 0.717) is 16.9 Å². The van der Waals surface area contributed by atoms with Gasteiger partial charge in [-0.05, 0) is 37.3 Å². The third-order valence-electron chi connectivity index (χ3n) is 4.05. The Morgan fingerprint density at radius 3 is 2.12 bits per heavy atom. The van der Waals surface area contributed by atoms with Crippen LogP contribution in [0.4, 0.5) is 5.69 Å². The lowest BCUT2D eigenvalue weighted by atomic mass is 10.2. The van der Waals surface area contributed by atoms with E-state index < -0.39 is 13.2 Å². The van der Waals surface area contributed by atoms with E-state index in [1.165, 1.54) is 0 Å². The van der Waals surface area contributed by atoms with E-state index in [-0.39, 0.29) is 0 Å². The van der Waals surface area contributed by atoms with Crippen molar-refractivity contribution in [3.63, 3.8) is 0 Å². The maximum atomic E-state index is 14.1. The van der Waals surface area contributed by atoms with Crippen LogP contribution in [0.1, 0.15) is 18.3 Å². The average molecular weight is 386 g/mol. The maximum absolute atomic E-state index is 14.1. The van der Waals surface area contributed by atoms with Crippen molar-refractivity contribution in [2.75, 3.05) is 11.9 Å². The molecule has 0 amide bonds. The standard InChI is InChI=1S/C21H21ClNO2P/c1-2-25-26(24,18-13-7-4-8-14-18)21(19-15-9-10-16-20(19)22)23-17-11-5-3-6-12-17/h3-16,21,23H,2H2,1H3. The van der Waals surface area contributed by atoms with E-state index in [9.17, 15) is 4.57 Å². The molecule has 3 aromatic rings. The lowest BCUT2D eigenvalue weighted by Crippen LogP contribution is -2.20. The fraction of sp³-hybridized carbons (Fsp3) is 0.143. The van der Waals surface area contributed by atoms with Crippen LogP contribution in [0.15, 0.2) is 84.9 Å². The highest BCUT2D eigenvalue weighted by Gasteiger charge is 2.38. The van der Waals surface area contributed by atoms with Crippen LogP contribution < -0.4 is 10.6 Å². The number of nitrogens with one attached hydrogen (secondary N) is 1. The smallest absolute Gasteiger partial charge is 0.258 e. The third-order valence-corrected chi connectivity index (χ3v) is 7.14. The number of hydrogen-bond donors (Lipinski definition) is 1. The van der Waals surface area contributed by atoms with Gasteiger partial charge in [-0.25, -0.2) is 0 Å². The summed E-state index contributed by atoms with van der Waals surface area (Å²) in [5.74, 6) is -0.596. The van der Waals surface area contributed by atoms with Gasteiger partial charge < -0.3 is 9.84 Å². The molecule has 5 heteroatoms. The van der Waals surface area contributed by atoms with Crippen LogP contribution in [0.25, 0.3) is 0 Å². The van der Waals surface area contributed by atoms with Crippen LogP contribution in [0.2, 0.25) is 5.02 Å². The first-order chi connectivity index (χ1) is 12.6. The first kappa shape index (κ1) is 18.7. The first-order valence-electron chi connectivity index (χ1n) is 8.51. The molecule has 3 nitrogen and oxygen atoms in total. The SMILES string of the molecule is CCOP(=O)(c1ccccc1)C(Nc1ccccc1)c1ccccc1Cl. The molecule has 2 unspecified atom stereocenters. The van der Waals surface area contributed by atoms with Crippen LogP contribution in [-0.4, -0.2) is 6.61 Å². The molecular weight excluding hydrogens is 365 g/mol. The average Bonchev–Trinajstić information content (AvgIpc) is 2.68. The highest BCUT2D eigenvalue weighted by molar-refractivity contribution is 7.67. The van der Waals surface area contributed by atoms with Crippen LogP contribution in [0.5, 0.6) is 0 Å². The number of hydrogen-bond acceptors (Lipinski definition) is 3. The molecule has 26 heavy (non-hydrogen) atoms. The number of anilines is 1. The summed E-state index contributed by atoms with van der Waals surface area (Å²) in [6.45, 7) is 2.19. The number of benzene rings is 3. The largest absolute Gasteiger partial charge is 0.370 e. The van der Waals surface area contributed by atoms with Gasteiger partial charge in [-0.1, -0.05) is 66.2 Å². The number of halogens is 1. The van der Waals surface area contributed by atoms with Crippen molar-refractivity contribution in [2.24, 2.45) is 0 Å². The second-order valence-corrected chi connectivity index (χ2v) is 8.68. The minimum atomic E-state index is -3.29. The van der Waals surface area contributed by atoms with Crippen molar-refractivity contribution in [1.82, 2.24) is 0 Å². The molecule has 0 aliphatic heterocycles. The molecule has 0 heterocycles. The highest BCUT2D eigenvalue weighted by Crippen LogP contribution is 2.59. The Morgan fingerprint density at radius 1 is 0.923 bits per heavy atom. The quantitative estimate of drug-likeness (QED) is 0.500. The van der Waals surface area contributed by atoms with Gasteiger partial charge in [0.2, 0.25) is 0 Å². The van der Waals surface area contributed by atoms with Gasteiger partial charge in [0.25, 0.3) is 7.37 Å². The summed E-state index contributed by atoms with van der Waals surface area (Å²) in [6, 6.07) is 26.4. The zero-order chi connectivity index (χ0) is 18.4. The van der Waals surface area contributed by atoms with Crippen molar-refractivity contribution in [1.29, 1.82) is 0 Å². The van der Waals surface area contributed by atoms with Gasteiger partial charge in [-0.2, -0.15) is 0 Å². The van der Waals surface area contributed by atoms with Gasteiger partial charge >= 0.3 is 0 Å². The Bertz CT molecular complexity index is 887. The second kappa shape index (κ2) is 8.55. The van der Waals surface area contributed by atoms with Gasteiger partial charge in [0.15, 0.2) is 0 Å². The van der Waals surface area contributed by atoms with Gasteiger partial charge in [-0.3, -0.25) is 4.57 Å². The third kappa shape index (κ3) is 4.02. The summed E-state index contributed by atoms with van der Waals surface area (Å²) in [7, 11) is -3.29. The predicted molar refractivity (Wildman–Crippen MR) is 110 cm³/mol. The summed E-state index contributed by atoms with van der Waals surface area (Å²) in [6.07, 6.45) is 0. The summed E-state index contributed by atoms with van der Waals surface area (Å²) in [5.41, 5.74) is 1.60. The molecule has 3 aromatic carbocycles. The molecule has 0 aliphatic rings. The maximum Gasteiger partial charge on any atom is 0.258 e.